The van der Waals surface area contributed by atoms with Gasteiger partial charge in [-0.3, -0.25) is 0 Å². The van der Waals surface area contributed by atoms with Gasteiger partial charge in [0.25, 0.3) is 0 Å². The van der Waals surface area contributed by atoms with Gasteiger partial charge in [0.05, 0.1) is 0 Å². The fourth-order valence-electron chi connectivity index (χ4n) is 2.97. The van der Waals surface area contributed by atoms with E-state index in [0.29, 0.717) is 11.0 Å². The van der Waals surface area contributed by atoms with E-state index in [1.807, 2.05) is 12.1 Å². The zero-order chi connectivity index (χ0) is 13.7. The molecule has 0 unspecified atom stereocenters. The Bertz CT molecular complexity index is 405. The van der Waals surface area contributed by atoms with E-state index in [4.69, 9.17) is 18.0 Å². The maximum atomic E-state index is 5.60. The first-order valence-electron chi connectivity index (χ1n) is 7.35. The minimum absolute atomic E-state index is 0.464. The van der Waals surface area contributed by atoms with Gasteiger partial charge in [-0.2, -0.15) is 0 Å². The van der Waals surface area contributed by atoms with Crippen molar-refractivity contribution >= 4 is 22.9 Å². The molecule has 1 aromatic carbocycles. The summed E-state index contributed by atoms with van der Waals surface area (Å²) in [7, 11) is 0. The molecule has 2 nitrogen and oxygen atoms in total. The zero-order valence-corrected chi connectivity index (χ0v) is 12.5. The lowest BCUT2D eigenvalue weighted by Gasteiger charge is -2.29. The molecule has 3 heteroatoms. The van der Waals surface area contributed by atoms with E-state index in [9.17, 15) is 0 Å². The predicted molar refractivity (Wildman–Crippen MR) is 86.6 cm³/mol. The van der Waals surface area contributed by atoms with Crippen molar-refractivity contribution in [2.75, 3.05) is 5.32 Å². The molecule has 3 N–H and O–H groups in total. The molecule has 0 saturated heterocycles. The maximum absolute atomic E-state index is 5.60. The molecule has 2 rings (SSSR count). The molecule has 19 heavy (non-hydrogen) atoms. The van der Waals surface area contributed by atoms with Crippen LogP contribution in [-0.4, -0.2) is 11.0 Å². The molecule has 0 bridgehead atoms. The highest BCUT2D eigenvalue weighted by molar-refractivity contribution is 7.80. The van der Waals surface area contributed by atoms with Crippen LogP contribution in [0.2, 0.25) is 0 Å². The van der Waals surface area contributed by atoms with Gasteiger partial charge < -0.3 is 11.1 Å². The molecule has 0 aromatic heterocycles. The first-order valence-corrected chi connectivity index (χ1v) is 7.76. The van der Waals surface area contributed by atoms with E-state index >= 15 is 0 Å². The van der Waals surface area contributed by atoms with Crippen LogP contribution in [0.4, 0.5) is 5.69 Å². The second-order valence-electron chi connectivity index (χ2n) is 5.59. The van der Waals surface area contributed by atoms with E-state index < -0.39 is 0 Å². The summed E-state index contributed by atoms with van der Waals surface area (Å²) in [4.78, 5) is 0.464. The number of benzene rings is 1. The average molecular weight is 276 g/mol. The molecule has 0 heterocycles. The van der Waals surface area contributed by atoms with Crippen molar-refractivity contribution < 1.29 is 0 Å². The highest BCUT2D eigenvalue weighted by Gasteiger charge is 2.20. The summed E-state index contributed by atoms with van der Waals surface area (Å²) in [5.74, 6) is 0.958. The second-order valence-corrected chi connectivity index (χ2v) is 6.03. The summed E-state index contributed by atoms with van der Waals surface area (Å²) in [6, 6.07) is 8.77. The fourth-order valence-corrected chi connectivity index (χ4v) is 3.11. The highest BCUT2D eigenvalue weighted by Crippen LogP contribution is 2.29. The molecular formula is C16H24N2S. The molecule has 104 valence electrons. The third-order valence-corrected chi connectivity index (χ3v) is 4.32. The Morgan fingerprint density at radius 3 is 2.37 bits per heavy atom. The molecule has 1 aromatic rings. The Morgan fingerprint density at radius 2 is 1.84 bits per heavy atom. The van der Waals surface area contributed by atoms with Crippen LogP contribution in [0.1, 0.15) is 51.0 Å². The third kappa shape index (κ3) is 4.20. The number of nitrogens with two attached hydrogens (primary N) is 1. The van der Waals surface area contributed by atoms with Gasteiger partial charge in [-0.25, -0.2) is 0 Å². The van der Waals surface area contributed by atoms with Gasteiger partial charge in [0, 0.05) is 17.3 Å². The first-order chi connectivity index (χ1) is 9.19. The molecule has 1 saturated carbocycles. The van der Waals surface area contributed by atoms with Crippen molar-refractivity contribution in [3.63, 3.8) is 0 Å². The minimum atomic E-state index is 0.464. The number of thiocarbonyl (C=S) groups is 1. The summed E-state index contributed by atoms with van der Waals surface area (Å²) < 4.78 is 0. The Hall–Kier alpha value is -1.09. The van der Waals surface area contributed by atoms with E-state index in [0.717, 1.165) is 11.5 Å². The molecule has 0 atom stereocenters. The van der Waals surface area contributed by atoms with Crippen LogP contribution in [0, 0.1) is 5.92 Å². The smallest absolute Gasteiger partial charge is 0.103 e. The van der Waals surface area contributed by atoms with Gasteiger partial charge in [0.15, 0.2) is 0 Å². The van der Waals surface area contributed by atoms with E-state index in [1.165, 1.54) is 44.2 Å². The number of hydrogen-bond acceptors (Lipinski definition) is 2. The Kier molecular flexibility index (Phi) is 5.20. The standard InChI is InChI=1S/C16H24N2S/c1-2-3-12-4-8-14(9-5-12)18-15-10-6-13(7-11-15)16(17)19/h6-7,10-12,14,18H,2-5,8-9H2,1H3,(H2,17,19). The van der Waals surface area contributed by atoms with Crippen molar-refractivity contribution in [1.29, 1.82) is 0 Å². The highest BCUT2D eigenvalue weighted by atomic mass is 32.1. The van der Waals surface area contributed by atoms with Gasteiger partial charge in [0.1, 0.15) is 4.99 Å². The predicted octanol–water partition coefficient (Wildman–Crippen LogP) is 4.09. The van der Waals surface area contributed by atoms with Crippen LogP contribution in [0.15, 0.2) is 24.3 Å². The minimum Gasteiger partial charge on any atom is -0.389 e. The van der Waals surface area contributed by atoms with Gasteiger partial charge >= 0.3 is 0 Å². The largest absolute Gasteiger partial charge is 0.389 e. The Morgan fingerprint density at radius 1 is 1.21 bits per heavy atom. The molecular weight excluding hydrogens is 252 g/mol. The summed E-state index contributed by atoms with van der Waals surface area (Å²) in [6.07, 6.45) is 8.05. The van der Waals surface area contributed by atoms with E-state index in [1.54, 1.807) is 0 Å². The third-order valence-electron chi connectivity index (χ3n) is 4.08. The first kappa shape index (κ1) is 14.3. The van der Waals surface area contributed by atoms with Crippen LogP contribution < -0.4 is 11.1 Å². The summed E-state index contributed by atoms with van der Waals surface area (Å²) in [5.41, 5.74) is 7.72. The molecule has 1 aliphatic rings. The lowest BCUT2D eigenvalue weighted by molar-refractivity contribution is 0.319. The monoisotopic (exact) mass is 276 g/mol. The molecule has 0 aliphatic heterocycles. The van der Waals surface area contributed by atoms with Crippen molar-refractivity contribution in [3.8, 4) is 0 Å². The topological polar surface area (TPSA) is 38.0 Å². The van der Waals surface area contributed by atoms with Gasteiger partial charge in [-0.05, 0) is 55.9 Å². The molecule has 0 spiro atoms. The molecule has 1 fully saturated rings. The maximum Gasteiger partial charge on any atom is 0.103 e. The molecule has 0 amide bonds. The van der Waals surface area contributed by atoms with Crippen LogP contribution in [0.25, 0.3) is 0 Å². The zero-order valence-electron chi connectivity index (χ0n) is 11.7. The van der Waals surface area contributed by atoms with Gasteiger partial charge in [-0.1, -0.05) is 32.0 Å². The quantitative estimate of drug-likeness (QED) is 0.795. The number of hydrogen-bond donors (Lipinski definition) is 2. The van der Waals surface area contributed by atoms with Crippen molar-refractivity contribution in [1.82, 2.24) is 0 Å². The van der Waals surface area contributed by atoms with Crippen LogP contribution in [-0.2, 0) is 0 Å². The lowest BCUT2D eigenvalue weighted by Crippen LogP contribution is -2.26. The van der Waals surface area contributed by atoms with Crippen LogP contribution in [0.5, 0.6) is 0 Å². The van der Waals surface area contributed by atoms with Crippen molar-refractivity contribution in [2.45, 2.75) is 51.5 Å². The Labute approximate surface area is 121 Å². The van der Waals surface area contributed by atoms with Gasteiger partial charge in [0.2, 0.25) is 0 Å². The van der Waals surface area contributed by atoms with Crippen molar-refractivity contribution in [3.05, 3.63) is 29.8 Å². The van der Waals surface area contributed by atoms with Gasteiger partial charge in [-0.15, -0.1) is 0 Å². The summed E-state index contributed by atoms with van der Waals surface area (Å²) >= 11 is 4.96. The van der Waals surface area contributed by atoms with Crippen LogP contribution in [0.3, 0.4) is 0 Å². The SMILES string of the molecule is CCCC1CCC(Nc2ccc(C(N)=S)cc2)CC1. The normalized spacial score (nSPS) is 23.0. The second kappa shape index (κ2) is 6.90. The average Bonchev–Trinajstić information content (AvgIpc) is 2.42. The lowest BCUT2D eigenvalue weighted by atomic mass is 9.83. The van der Waals surface area contributed by atoms with Crippen molar-refractivity contribution in [2.24, 2.45) is 11.7 Å². The van der Waals surface area contributed by atoms with Crippen LogP contribution >= 0.6 is 12.2 Å². The van der Waals surface area contributed by atoms with E-state index in [2.05, 4.69) is 24.4 Å². The number of anilines is 1. The summed E-state index contributed by atoms with van der Waals surface area (Å²) in [5, 5.41) is 3.63. The molecule has 1 aliphatic carbocycles. The number of nitrogens with one attached hydrogen (secondary N) is 1. The van der Waals surface area contributed by atoms with E-state index in [-0.39, 0.29) is 0 Å². The fraction of sp³-hybridized carbons (Fsp3) is 0.562. The summed E-state index contributed by atoms with van der Waals surface area (Å²) in [6.45, 7) is 2.29. The molecule has 0 radical (unpaired) electrons. The Balaban J connectivity index is 1.83. The number of rotatable bonds is 5.